The van der Waals surface area contributed by atoms with Crippen molar-refractivity contribution in [2.75, 3.05) is 19.8 Å². The topological polar surface area (TPSA) is 75.6 Å². The van der Waals surface area contributed by atoms with Crippen molar-refractivity contribution in [2.45, 2.75) is 31.1 Å². The fraction of sp³-hybridized carbons (Fsp3) is 0.571. The van der Waals surface area contributed by atoms with E-state index in [9.17, 15) is 8.42 Å². The number of rotatable bonds is 8. The standard InChI is InChI=1S/C14H21NO4S/c1-2-14(7-8-14)11-15-20(17,18)13-5-3-12(4-6-13)19-10-9-16/h3-6,15-16H,2,7-11H2,1H3. The van der Waals surface area contributed by atoms with Crippen molar-refractivity contribution < 1.29 is 18.3 Å². The molecule has 0 unspecified atom stereocenters. The molecule has 0 amide bonds. The highest BCUT2D eigenvalue weighted by atomic mass is 32.2. The maximum absolute atomic E-state index is 12.2. The van der Waals surface area contributed by atoms with E-state index in [0.717, 1.165) is 19.3 Å². The van der Waals surface area contributed by atoms with E-state index in [1.165, 1.54) is 12.1 Å². The first-order valence-corrected chi connectivity index (χ1v) is 8.33. The molecule has 20 heavy (non-hydrogen) atoms. The third-order valence-corrected chi connectivity index (χ3v) is 5.26. The predicted molar refractivity (Wildman–Crippen MR) is 76.2 cm³/mol. The second-order valence-electron chi connectivity index (χ2n) is 5.22. The molecule has 0 aliphatic heterocycles. The van der Waals surface area contributed by atoms with E-state index < -0.39 is 10.0 Å². The lowest BCUT2D eigenvalue weighted by Gasteiger charge is -2.14. The maximum atomic E-state index is 12.2. The monoisotopic (exact) mass is 299 g/mol. The summed E-state index contributed by atoms with van der Waals surface area (Å²) in [6.45, 7) is 2.73. The summed E-state index contributed by atoms with van der Waals surface area (Å²) in [7, 11) is -3.46. The van der Waals surface area contributed by atoms with Gasteiger partial charge in [0.15, 0.2) is 0 Å². The molecule has 2 N–H and O–H groups in total. The van der Waals surface area contributed by atoms with E-state index in [4.69, 9.17) is 9.84 Å². The van der Waals surface area contributed by atoms with Crippen LogP contribution >= 0.6 is 0 Å². The van der Waals surface area contributed by atoms with Gasteiger partial charge < -0.3 is 9.84 Å². The molecule has 0 atom stereocenters. The molecule has 1 aromatic carbocycles. The normalized spacial score (nSPS) is 16.9. The van der Waals surface area contributed by atoms with Crippen molar-refractivity contribution in [3.05, 3.63) is 24.3 Å². The molecule has 2 rings (SSSR count). The van der Waals surface area contributed by atoms with Gasteiger partial charge in [-0.15, -0.1) is 0 Å². The second kappa shape index (κ2) is 6.11. The molecule has 0 aromatic heterocycles. The van der Waals surface area contributed by atoms with Crippen molar-refractivity contribution in [2.24, 2.45) is 5.41 Å². The summed E-state index contributed by atoms with van der Waals surface area (Å²) in [5.41, 5.74) is 0.178. The van der Waals surface area contributed by atoms with Crippen molar-refractivity contribution in [3.8, 4) is 5.75 Å². The van der Waals surface area contributed by atoms with Crippen molar-refractivity contribution in [3.63, 3.8) is 0 Å². The molecule has 112 valence electrons. The van der Waals surface area contributed by atoms with Gasteiger partial charge in [-0.2, -0.15) is 0 Å². The number of nitrogens with one attached hydrogen (secondary N) is 1. The summed E-state index contributed by atoms with van der Waals surface area (Å²) in [4.78, 5) is 0.237. The van der Waals surface area contributed by atoms with Crippen molar-refractivity contribution in [1.29, 1.82) is 0 Å². The highest BCUT2D eigenvalue weighted by Gasteiger charge is 2.41. The molecule has 0 bridgehead atoms. The van der Waals surface area contributed by atoms with Crippen LogP contribution in [0.3, 0.4) is 0 Å². The number of hydrogen-bond acceptors (Lipinski definition) is 4. The van der Waals surface area contributed by atoms with E-state index in [1.54, 1.807) is 12.1 Å². The van der Waals surface area contributed by atoms with E-state index >= 15 is 0 Å². The SMILES string of the molecule is CCC1(CNS(=O)(=O)c2ccc(OCCO)cc2)CC1. The highest BCUT2D eigenvalue weighted by Crippen LogP contribution is 2.48. The minimum atomic E-state index is -3.46. The molecule has 0 radical (unpaired) electrons. The zero-order valence-corrected chi connectivity index (χ0v) is 12.4. The summed E-state index contributed by atoms with van der Waals surface area (Å²) in [6.07, 6.45) is 3.20. The van der Waals surface area contributed by atoms with Gasteiger partial charge in [-0.3, -0.25) is 0 Å². The molecular formula is C14H21NO4S. The third kappa shape index (κ3) is 3.71. The van der Waals surface area contributed by atoms with Crippen LogP contribution in [-0.4, -0.2) is 33.3 Å². The zero-order chi connectivity index (χ0) is 14.6. The first-order valence-electron chi connectivity index (χ1n) is 6.85. The molecule has 0 saturated heterocycles. The molecule has 5 nitrogen and oxygen atoms in total. The molecule has 1 saturated carbocycles. The summed E-state index contributed by atoms with van der Waals surface area (Å²) < 4.78 is 32.2. The largest absolute Gasteiger partial charge is 0.491 e. The Labute approximate surface area is 120 Å². The fourth-order valence-electron chi connectivity index (χ4n) is 2.04. The molecule has 0 spiro atoms. The minimum absolute atomic E-state index is 0.0687. The summed E-state index contributed by atoms with van der Waals surface area (Å²) >= 11 is 0. The zero-order valence-electron chi connectivity index (χ0n) is 11.6. The van der Waals surface area contributed by atoms with Crippen LogP contribution in [0.5, 0.6) is 5.75 Å². The van der Waals surface area contributed by atoms with E-state index in [1.807, 2.05) is 0 Å². The summed E-state index contributed by atoms with van der Waals surface area (Å²) in [5.74, 6) is 0.547. The van der Waals surface area contributed by atoms with Crippen LogP contribution in [0, 0.1) is 5.41 Å². The van der Waals surface area contributed by atoms with Gasteiger partial charge in [-0.25, -0.2) is 13.1 Å². The smallest absolute Gasteiger partial charge is 0.240 e. The quantitative estimate of drug-likeness (QED) is 0.763. The van der Waals surface area contributed by atoms with Crippen LogP contribution in [0.15, 0.2) is 29.2 Å². The van der Waals surface area contributed by atoms with Crippen LogP contribution in [0.25, 0.3) is 0 Å². The first kappa shape index (κ1) is 15.3. The number of aliphatic hydroxyl groups excluding tert-OH is 1. The van der Waals surface area contributed by atoms with Crippen LogP contribution in [-0.2, 0) is 10.0 Å². The maximum Gasteiger partial charge on any atom is 0.240 e. The number of ether oxygens (including phenoxy) is 1. The Balaban J connectivity index is 1.98. The van der Waals surface area contributed by atoms with Gasteiger partial charge in [0.1, 0.15) is 12.4 Å². The second-order valence-corrected chi connectivity index (χ2v) is 6.99. The molecule has 1 aliphatic rings. The lowest BCUT2D eigenvalue weighted by molar-refractivity contribution is 0.201. The average Bonchev–Trinajstić information content (AvgIpc) is 3.24. The Hall–Kier alpha value is -1.11. The van der Waals surface area contributed by atoms with Crippen LogP contribution in [0.2, 0.25) is 0 Å². The van der Waals surface area contributed by atoms with Crippen LogP contribution < -0.4 is 9.46 Å². The average molecular weight is 299 g/mol. The number of sulfonamides is 1. The number of benzene rings is 1. The van der Waals surface area contributed by atoms with E-state index in [2.05, 4.69) is 11.6 Å². The Morgan fingerprint density at radius 3 is 2.45 bits per heavy atom. The lowest BCUT2D eigenvalue weighted by atomic mass is 10.1. The summed E-state index contributed by atoms with van der Waals surface area (Å²) in [5, 5.41) is 8.66. The molecule has 1 aromatic rings. The molecule has 6 heteroatoms. The van der Waals surface area contributed by atoms with Gasteiger partial charge >= 0.3 is 0 Å². The van der Waals surface area contributed by atoms with E-state index in [0.29, 0.717) is 12.3 Å². The van der Waals surface area contributed by atoms with Crippen molar-refractivity contribution >= 4 is 10.0 Å². The summed E-state index contributed by atoms with van der Waals surface area (Å²) in [6, 6.07) is 6.22. The Morgan fingerprint density at radius 2 is 1.95 bits per heavy atom. The fourth-order valence-corrected chi connectivity index (χ4v) is 3.20. The van der Waals surface area contributed by atoms with Gasteiger partial charge in [-0.1, -0.05) is 6.92 Å². The molecule has 1 aliphatic carbocycles. The van der Waals surface area contributed by atoms with Gasteiger partial charge in [0.25, 0.3) is 0 Å². The number of hydrogen-bond donors (Lipinski definition) is 2. The Morgan fingerprint density at radius 1 is 1.30 bits per heavy atom. The third-order valence-electron chi connectivity index (χ3n) is 3.84. The van der Waals surface area contributed by atoms with Crippen LogP contribution in [0.1, 0.15) is 26.2 Å². The number of aliphatic hydroxyl groups is 1. The van der Waals surface area contributed by atoms with Gasteiger partial charge in [-0.05, 0) is 48.9 Å². The molecular weight excluding hydrogens is 278 g/mol. The minimum Gasteiger partial charge on any atom is -0.491 e. The van der Waals surface area contributed by atoms with Gasteiger partial charge in [0.05, 0.1) is 11.5 Å². The predicted octanol–water partition coefficient (Wildman–Crippen LogP) is 1.53. The van der Waals surface area contributed by atoms with Crippen LogP contribution in [0.4, 0.5) is 0 Å². The lowest BCUT2D eigenvalue weighted by Crippen LogP contribution is -2.30. The Kier molecular flexibility index (Phi) is 4.67. The van der Waals surface area contributed by atoms with Gasteiger partial charge in [0, 0.05) is 6.54 Å². The molecule has 1 fully saturated rings. The van der Waals surface area contributed by atoms with Gasteiger partial charge in [0.2, 0.25) is 10.0 Å². The molecule has 0 heterocycles. The van der Waals surface area contributed by atoms with Crippen molar-refractivity contribution in [1.82, 2.24) is 4.72 Å². The van der Waals surface area contributed by atoms with E-state index in [-0.39, 0.29) is 23.5 Å². The first-order chi connectivity index (χ1) is 9.51. The highest BCUT2D eigenvalue weighted by molar-refractivity contribution is 7.89. The Bertz CT molecular complexity index is 535.